The van der Waals surface area contributed by atoms with E-state index in [9.17, 15) is 4.79 Å². The topological polar surface area (TPSA) is 83.1 Å². The van der Waals surface area contributed by atoms with Crippen molar-refractivity contribution in [1.82, 2.24) is 15.2 Å². The summed E-state index contributed by atoms with van der Waals surface area (Å²) in [6.07, 6.45) is 3.56. The molecule has 2 N–H and O–H groups in total. The molecule has 0 aliphatic carbocycles. The summed E-state index contributed by atoms with van der Waals surface area (Å²) in [6.45, 7) is 1.86. The highest BCUT2D eigenvalue weighted by atomic mass is 16.5. The zero-order valence-electron chi connectivity index (χ0n) is 12.3. The van der Waals surface area contributed by atoms with Crippen molar-refractivity contribution in [2.24, 2.45) is 0 Å². The van der Waals surface area contributed by atoms with Crippen molar-refractivity contribution in [2.75, 3.05) is 29.9 Å². The lowest BCUT2D eigenvalue weighted by molar-refractivity contribution is -0.118. The minimum Gasteiger partial charge on any atom is -0.484 e. The van der Waals surface area contributed by atoms with E-state index in [4.69, 9.17) is 4.74 Å². The average molecular weight is 301 g/mol. The van der Waals surface area contributed by atoms with Gasteiger partial charge in [0.25, 0.3) is 5.91 Å². The number of carbonyl (C=O) groups is 1. The number of hydrogen-bond acceptors (Lipinski definition) is 5. The van der Waals surface area contributed by atoms with Crippen LogP contribution < -0.4 is 15.0 Å². The van der Waals surface area contributed by atoms with Crippen LogP contribution in [0.3, 0.4) is 0 Å². The van der Waals surface area contributed by atoms with Gasteiger partial charge in [-0.1, -0.05) is 18.2 Å². The number of para-hydroxylation sites is 1. The van der Waals surface area contributed by atoms with Crippen molar-refractivity contribution < 1.29 is 9.53 Å². The fourth-order valence-corrected chi connectivity index (χ4v) is 2.38. The molecule has 1 aromatic carbocycles. The molecule has 2 heterocycles. The monoisotopic (exact) mass is 301 g/mol. The number of rotatable bonds is 5. The zero-order chi connectivity index (χ0) is 15.2. The number of aromatic nitrogens is 3. The van der Waals surface area contributed by atoms with Crippen molar-refractivity contribution >= 4 is 17.8 Å². The predicted octanol–water partition coefficient (Wildman–Crippen LogP) is 1.81. The number of H-pyrrole nitrogens is 1. The molecule has 0 bridgehead atoms. The second kappa shape index (κ2) is 6.93. The van der Waals surface area contributed by atoms with Crippen LogP contribution in [-0.4, -0.2) is 40.8 Å². The van der Waals surface area contributed by atoms with Gasteiger partial charge >= 0.3 is 0 Å². The smallest absolute Gasteiger partial charge is 0.264 e. The number of benzene rings is 1. The van der Waals surface area contributed by atoms with Crippen molar-refractivity contribution in [3.8, 4) is 5.75 Å². The summed E-state index contributed by atoms with van der Waals surface area (Å²) < 4.78 is 5.38. The Morgan fingerprint density at radius 1 is 1.23 bits per heavy atom. The van der Waals surface area contributed by atoms with E-state index >= 15 is 0 Å². The Morgan fingerprint density at radius 2 is 2.00 bits per heavy atom. The van der Waals surface area contributed by atoms with E-state index in [1.54, 1.807) is 12.1 Å². The SMILES string of the molecule is O=C(COc1ccccc1)Nc1nc(N2CCCCC2)n[nH]1. The molecule has 1 saturated heterocycles. The van der Waals surface area contributed by atoms with Crippen LogP contribution in [0.5, 0.6) is 5.75 Å². The van der Waals surface area contributed by atoms with E-state index in [1.807, 2.05) is 18.2 Å². The van der Waals surface area contributed by atoms with E-state index in [0.717, 1.165) is 25.9 Å². The van der Waals surface area contributed by atoms with Gasteiger partial charge in [-0.05, 0) is 31.4 Å². The van der Waals surface area contributed by atoms with E-state index in [0.29, 0.717) is 17.6 Å². The van der Waals surface area contributed by atoms with Gasteiger partial charge in [0.2, 0.25) is 11.9 Å². The summed E-state index contributed by atoms with van der Waals surface area (Å²) in [4.78, 5) is 18.3. The molecule has 0 radical (unpaired) electrons. The van der Waals surface area contributed by atoms with Crippen molar-refractivity contribution in [3.63, 3.8) is 0 Å². The summed E-state index contributed by atoms with van der Waals surface area (Å²) in [5.41, 5.74) is 0. The fourth-order valence-electron chi connectivity index (χ4n) is 2.38. The first-order valence-corrected chi connectivity index (χ1v) is 7.46. The Bertz CT molecular complexity index is 607. The molecular weight excluding hydrogens is 282 g/mol. The summed E-state index contributed by atoms with van der Waals surface area (Å²) in [7, 11) is 0. The number of nitrogens with one attached hydrogen (secondary N) is 2. The summed E-state index contributed by atoms with van der Waals surface area (Å²) >= 11 is 0. The Morgan fingerprint density at radius 3 is 2.77 bits per heavy atom. The third-order valence-electron chi connectivity index (χ3n) is 3.48. The Balaban J connectivity index is 1.50. The number of piperidine rings is 1. The Kier molecular flexibility index (Phi) is 4.53. The lowest BCUT2D eigenvalue weighted by Crippen LogP contribution is -2.30. The third kappa shape index (κ3) is 3.75. The van der Waals surface area contributed by atoms with Gasteiger partial charge in [-0.25, -0.2) is 5.10 Å². The molecule has 1 fully saturated rings. The molecule has 116 valence electrons. The Hall–Kier alpha value is -2.57. The average Bonchev–Trinajstić information content (AvgIpc) is 3.03. The first-order chi connectivity index (χ1) is 10.8. The molecule has 2 aromatic rings. The first kappa shape index (κ1) is 14.4. The maximum absolute atomic E-state index is 11.8. The molecule has 0 saturated carbocycles. The van der Waals surface area contributed by atoms with Crippen LogP contribution in [-0.2, 0) is 4.79 Å². The molecule has 22 heavy (non-hydrogen) atoms. The standard InChI is InChI=1S/C15H19N5O2/c21-13(11-22-12-7-3-1-4-8-12)16-14-17-15(19-18-14)20-9-5-2-6-10-20/h1,3-4,7-8H,2,5-6,9-11H2,(H2,16,17,18,19,21). The highest BCUT2D eigenvalue weighted by Gasteiger charge is 2.16. The minimum absolute atomic E-state index is 0.0657. The predicted molar refractivity (Wildman–Crippen MR) is 83.0 cm³/mol. The zero-order valence-corrected chi connectivity index (χ0v) is 12.3. The number of ether oxygens (including phenoxy) is 1. The van der Waals surface area contributed by atoms with Crippen molar-refractivity contribution in [2.45, 2.75) is 19.3 Å². The van der Waals surface area contributed by atoms with Crippen LogP contribution in [0, 0.1) is 0 Å². The summed E-state index contributed by atoms with van der Waals surface area (Å²) in [5, 5.41) is 9.54. The van der Waals surface area contributed by atoms with E-state index in [-0.39, 0.29) is 12.5 Å². The van der Waals surface area contributed by atoms with Gasteiger partial charge in [-0.2, -0.15) is 4.98 Å². The molecule has 1 amide bonds. The molecular formula is C15H19N5O2. The van der Waals surface area contributed by atoms with Crippen molar-refractivity contribution in [1.29, 1.82) is 0 Å². The fraction of sp³-hybridized carbons (Fsp3) is 0.400. The molecule has 1 aliphatic rings. The summed E-state index contributed by atoms with van der Waals surface area (Å²) in [5.74, 6) is 1.37. The van der Waals surface area contributed by atoms with Crippen LogP contribution in [0.4, 0.5) is 11.9 Å². The van der Waals surface area contributed by atoms with Gasteiger partial charge < -0.3 is 9.64 Å². The molecule has 7 nitrogen and oxygen atoms in total. The van der Waals surface area contributed by atoms with Gasteiger partial charge in [0.05, 0.1) is 0 Å². The van der Waals surface area contributed by atoms with E-state index < -0.39 is 0 Å². The highest BCUT2D eigenvalue weighted by molar-refractivity contribution is 5.90. The number of carbonyl (C=O) groups excluding carboxylic acids is 1. The Labute approximate surface area is 128 Å². The van der Waals surface area contributed by atoms with Crippen LogP contribution in [0.25, 0.3) is 0 Å². The molecule has 3 rings (SSSR count). The number of hydrogen-bond donors (Lipinski definition) is 2. The highest BCUT2D eigenvalue weighted by Crippen LogP contribution is 2.16. The maximum Gasteiger partial charge on any atom is 0.264 e. The molecule has 0 atom stereocenters. The molecule has 1 aliphatic heterocycles. The van der Waals surface area contributed by atoms with Crippen LogP contribution in [0.1, 0.15) is 19.3 Å². The molecule has 1 aromatic heterocycles. The number of amides is 1. The van der Waals surface area contributed by atoms with Gasteiger partial charge in [0, 0.05) is 13.1 Å². The lowest BCUT2D eigenvalue weighted by Gasteiger charge is -2.24. The second-order valence-corrected chi connectivity index (χ2v) is 5.18. The maximum atomic E-state index is 11.8. The minimum atomic E-state index is -0.273. The summed E-state index contributed by atoms with van der Waals surface area (Å²) in [6, 6.07) is 9.21. The van der Waals surface area contributed by atoms with Gasteiger partial charge in [-0.15, -0.1) is 5.10 Å². The third-order valence-corrected chi connectivity index (χ3v) is 3.48. The van der Waals surface area contributed by atoms with E-state index in [2.05, 4.69) is 25.4 Å². The molecule has 0 spiro atoms. The molecule has 7 heteroatoms. The van der Waals surface area contributed by atoms with Crippen LogP contribution >= 0.6 is 0 Å². The van der Waals surface area contributed by atoms with Crippen LogP contribution in [0.2, 0.25) is 0 Å². The first-order valence-electron chi connectivity index (χ1n) is 7.46. The number of anilines is 2. The van der Waals surface area contributed by atoms with Gasteiger partial charge in [0.15, 0.2) is 6.61 Å². The number of nitrogens with zero attached hydrogens (tertiary/aromatic N) is 3. The van der Waals surface area contributed by atoms with Crippen LogP contribution in [0.15, 0.2) is 30.3 Å². The largest absolute Gasteiger partial charge is 0.484 e. The van der Waals surface area contributed by atoms with Gasteiger partial charge in [0.1, 0.15) is 5.75 Å². The lowest BCUT2D eigenvalue weighted by atomic mass is 10.1. The molecule has 0 unspecified atom stereocenters. The number of aromatic amines is 1. The quantitative estimate of drug-likeness (QED) is 0.880. The van der Waals surface area contributed by atoms with Gasteiger partial charge in [-0.3, -0.25) is 10.1 Å². The van der Waals surface area contributed by atoms with E-state index in [1.165, 1.54) is 6.42 Å². The second-order valence-electron chi connectivity index (χ2n) is 5.18. The van der Waals surface area contributed by atoms with Crippen molar-refractivity contribution in [3.05, 3.63) is 30.3 Å². The normalized spacial score (nSPS) is 14.6.